The number of amides is 2. The maximum atomic E-state index is 13.4. The molecule has 2 amide bonds. The van der Waals surface area contributed by atoms with Gasteiger partial charge in [0.05, 0.1) is 18.0 Å². The summed E-state index contributed by atoms with van der Waals surface area (Å²) >= 11 is 0. The average molecular weight is 426 g/mol. The number of carbonyl (C=O) groups excluding carboxylic acids is 2. The van der Waals surface area contributed by atoms with E-state index in [4.69, 9.17) is 0 Å². The van der Waals surface area contributed by atoms with Crippen LogP contribution in [0.3, 0.4) is 0 Å². The minimum atomic E-state index is -0.547. The van der Waals surface area contributed by atoms with Gasteiger partial charge in [-0.3, -0.25) is 14.4 Å². The lowest BCUT2D eigenvalue weighted by Crippen LogP contribution is -2.50. The molecule has 0 unspecified atom stereocenters. The molecule has 4 atom stereocenters. The number of rotatable bonds is 6. The Balaban J connectivity index is 1.61. The molecule has 2 bridgehead atoms. The van der Waals surface area contributed by atoms with Crippen LogP contribution in [0.1, 0.15) is 62.7 Å². The van der Waals surface area contributed by atoms with Gasteiger partial charge in [0.15, 0.2) is 0 Å². The summed E-state index contributed by atoms with van der Waals surface area (Å²) < 4.78 is 1.77. The molecule has 0 radical (unpaired) electrons. The largest absolute Gasteiger partial charge is 0.396 e. The predicted molar refractivity (Wildman–Crippen MR) is 116 cm³/mol. The van der Waals surface area contributed by atoms with Gasteiger partial charge in [0.2, 0.25) is 11.8 Å². The number of nitrogens with one attached hydrogen (secondary N) is 1. The van der Waals surface area contributed by atoms with E-state index in [1.54, 1.807) is 4.57 Å². The number of hydrogen-bond donors (Lipinski definition) is 2. The van der Waals surface area contributed by atoms with Crippen LogP contribution in [0.25, 0.3) is 5.57 Å². The van der Waals surface area contributed by atoms with Gasteiger partial charge in [-0.2, -0.15) is 0 Å². The van der Waals surface area contributed by atoms with E-state index >= 15 is 0 Å². The van der Waals surface area contributed by atoms with Gasteiger partial charge in [0, 0.05) is 42.8 Å². The molecule has 7 heteroatoms. The van der Waals surface area contributed by atoms with Crippen LogP contribution >= 0.6 is 0 Å². The van der Waals surface area contributed by atoms with Crippen LogP contribution in [-0.4, -0.2) is 45.6 Å². The Morgan fingerprint density at radius 1 is 1.26 bits per heavy atom. The van der Waals surface area contributed by atoms with Crippen molar-refractivity contribution in [1.82, 2.24) is 14.8 Å². The Morgan fingerprint density at radius 2 is 2.06 bits per heavy atom. The van der Waals surface area contributed by atoms with Gasteiger partial charge in [0.1, 0.15) is 0 Å². The van der Waals surface area contributed by atoms with E-state index in [0.717, 1.165) is 55.4 Å². The molecule has 7 nitrogen and oxygen atoms in total. The first-order valence-electron chi connectivity index (χ1n) is 11.7. The summed E-state index contributed by atoms with van der Waals surface area (Å²) in [6.07, 6.45) is 7.69. The molecule has 4 aliphatic rings. The van der Waals surface area contributed by atoms with Crippen molar-refractivity contribution in [2.75, 3.05) is 13.2 Å². The number of aliphatic hydroxyl groups is 1. The molecule has 2 fully saturated rings. The fourth-order valence-electron chi connectivity index (χ4n) is 5.78. The topological polar surface area (TPSA) is 91.6 Å². The molecule has 2 N–H and O–H groups in total. The quantitative estimate of drug-likeness (QED) is 0.728. The number of carbonyl (C=O) groups is 2. The third kappa shape index (κ3) is 3.25. The van der Waals surface area contributed by atoms with Crippen molar-refractivity contribution in [3.05, 3.63) is 39.8 Å². The van der Waals surface area contributed by atoms with E-state index in [9.17, 15) is 19.5 Å². The Morgan fingerprint density at radius 3 is 2.71 bits per heavy atom. The van der Waals surface area contributed by atoms with E-state index < -0.39 is 12.0 Å². The maximum absolute atomic E-state index is 13.4. The Labute approximate surface area is 182 Å². The van der Waals surface area contributed by atoms with Crippen molar-refractivity contribution >= 4 is 17.4 Å². The van der Waals surface area contributed by atoms with Crippen molar-refractivity contribution in [2.45, 2.75) is 64.1 Å². The lowest BCUT2D eigenvalue weighted by molar-refractivity contribution is -0.138. The van der Waals surface area contributed by atoms with E-state index in [2.05, 4.69) is 11.4 Å². The van der Waals surface area contributed by atoms with Crippen LogP contribution in [0, 0.1) is 17.8 Å². The molecule has 1 aromatic rings. The minimum absolute atomic E-state index is 0.0167. The third-order valence-electron chi connectivity index (χ3n) is 7.46. The third-order valence-corrected chi connectivity index (χ3v) is 7.46. The number of hydrogen-bond acceptors (Lipinski definition) is 4. The molecule has 1 aromatic heterocycles. The molecule has 1 saturated carbocycles. The lowest BCUT2D eigenvalue weighted by Gasteiger charge is -2.38. The van der Waals surface area contributed by atoms with Crippen molar-refractivity contribution in [1.29, 1.82) is 0 Å². The van der Waals surface area contributed by atoms with Crippen LogP contribution in [0.15, 0.2) is 23.0 Å². The molecule has 31 heavy (non-hydrogen) atoms. The molecule has 2 aliphatic carbocycles. The predicted octanol–water partition coefficient (Wildman–Crippen LogP) is 1.84. The summed E-state index contributed by atoms with van der Waals surface area (Å²) in [5.74, 6) is -0.971. The average Bonchev–Trinajstić information content (AvgIpc) is 3.43. The molecule has 3 heterocycles. The molecule has 0 aromatic carbocycles. The number of aromatic nitrogens is 1. The Hall–Kier alpha value is -2.41. The monoisotopic (exact) mass is 425 g/mol. The van der Waals surface area contributed by atoms with Crippen LogP contribution in [0.4, 0.5) is 0 Å². The van der Waals surface area contributed by atoms with Crippen LogP contribution < -0.4 is 10.9 Å². The van der Waals surface area contributed by atoms with Gasteiger partial charge in [-0.1, -0.05) is 13.0 Å². The van der Waals surface area contributed by atoms with Gasteiger partial charge < -0.3 is 19.9 Å². The van der Waals surface area contributed by atoms with E-state index in [1.165, 1.54) is 0 Å². The van der Waals surface area contributed by atoms with Crippen molar-refractivity contribution in [3.8, 4) is 0 Å². The van der Waals surface area contributed by atoms with Gasteiger partial charge in [-0.15, -0.1) is 0 Å². The smallest absolute Gasteiger partial charge is 0.258 e. The van der Waals surface area contributed by atoms with Gasteiger partial charge in [-0.25, -0.2) is 0 Å². The summed E-state index contributed by atoms with van der Waals surface area (Å²) in [5, 5.41) is 13.2. The highest BCUT2D eigenvalue weighted by Gasteiger charge is 2.58. The number of allylic oxidation sites excluding steroid dienone is 2. The van der Waals surface area contributed by atoms with Gasteiger partial charge in [0.25, 0.3) is 5.56 Å². The fraction of sp³-hybridized carbons (Fsp3) is 0.625. The van der Waals surface area contributed by atoms with E-state index in [1.807, 2.05) is 24.0 Å². The first-order chi connectivity index (χ1) is 15.1. The van der Waals surface area contributed by atoms with Crippen molar-refractivity contribution < 1.29 is 14.7 Å². The van der Waals surface area contributed by atoms with Crippen LogP contribution in [0.5, 0.6) is 0 Å². The highest BCUT2D eigenvalue weighted by atomic mass is 16.3. The standard InChI is InChI=1S/C24H31N3O4/c1-2-11-25-22(29)20-17(13-28)19-12-26-18(21(20)27(19)23(30)15-7-8-15)10-9-16(24(26)31)14-5-3-4-6-14/h5,9-10,15,17,19-21,28H,2-4,6-8,11-13H2,1H3,(H,25,29)/t17-,19-,20+,21+/m0/s1. The minimum Gasteiger partial charge on any atom is -0.396 e. The van der Waals surface area contributed by atoms with Crippen LogP contribution in [0.2, 0.25) is 0 Å². The van der Waals surface area contributed by atoms with Crippen molar-refractivity contribution in [2.24, 2.45) is 17.8 Å². The highest BCUT2D eigenvalue weighted by molar-refractivity contribution is 5.86. The molecule has 5 rings (SSSR count). The highest BCUT2D eigenvalue weighted by Crippen LogP contribution is 2.50. The number of fused-ring (bicyclic) bond motifs is 4. The first-order valence-corrected chi connectivity index (χ1v) is 11.7. The SMILES string of the molecule is CCCNC(=O)[C@@H]1[C@@H](CO)[C@@H]2Cn3c(ccc(C4=CCCC4)c3=O)[C@H]1N2C(=O)C1CC1. The molecule has 2 aliphatic heterocycles. The summed E-state index contributed by atoms with van der Waals surface area (Å²) in [6, 6.07) is 2.97. The van der Waals surface area contributed by atoms with Crippen LogP contribution in [-0.2, 0) is 16.1 Å². The molecular formula is C24H31N3O4. The molecule has 1 saturated heterocycles. The number of nitrogens with zero attached hydrogens (tertiary/aromatic N) is 2. The lowest BCUT2D eigenvalue weighted by atomic mass is 9.86. The zero-order chi connectivity index (χ0) is 21.7. The second kappa shape index (κ2) is 7.93. The molecular weight excluding hydrogens is 394 g/mol. The zero-order valence-electron chi connectivity index (χ0n) is 18.0. The van der Waals surface area contributed by atoms with E-state index in [-0.39, 0.29) is 41.9 Å². The Bertz CT molecular complexity index is 993. The van der Waals surface area contributed by atoms with E-state index in [0.29, 0.717) is 13.1 Å². The van der Waals surface area contributed by atoms with Gasteiger partial charge >= 0.3 is 0 Å². The normalized spacial score (nSPS) is 29.0. The summed E-state index contributed by atoms with van der Waals surface area (Å²) in [5.41, 5.74) is 2.52. The summed E-state index contributed by atoms with van der Waals surface area (Å²) in [7, 11) is 0. The summed E-state index contributed by atoms with van der Waals surface area (Å²) in [4.78, 5) is 41.7. The molecule has 166 valence electrons. The van der Waals surface area contributed by atoms with Crippen molar-refractivity contribution in [3.63, 3.8) is 0 Å². The second-order valence-electron chi connectivity index (χ2n) is 9.40. The number of pyridine rings is 1. The zero-order valence-corrected chi connectivity index (χ0v) is 18.0. The molecule has 0 spiro atoms. The Kier molecular flexibility index (Phi) is 5.24. The first kappa shape index (κ1) is 20.5. The maximum Gasteiger partial charge on any atom is 0.258 e. The fourth-order valence-corrected chi connectivity index (χ4v) is 5.78. The summed E-state index contributed by atoms with van der Waals surface area (Å²) in [6.45, 7) is 2.71. The number of aliphatic hydroxyl groups excluding tert-OH is 1. The van der Waals surface area contributed by atoms with Gasteiger partial charge in [-0.05, 0) is 56.2 Å². The second-order valence-corrected chi connectivity index (χ2v) is 9.40.